The van der Waals surface area contributed by atoms with E-state index < -0.39 is 4.92 Å². The molecule has 1 aromatic carbocycles. The highest BCUT2D eigenvalue weighted by Crippen LogP contribution is 2.23. The summed E-state index contributed by atoms with van der Waals surface area (Å²) in [6.45, 7) is 3.47. The molecule has 0 unspecified atom stereocenters. The maximum atomic E-state index is 10.8. The molecule has 88 valence electrons. The molecule has 0 amide bonds. The van der Waals surface area contributed by atoms with Crippen LogP contribution in [-0.2, 0) is 0 Å². The Morgan fingerprint density at radius 2 is 2.24 bits per heavy atom. The van der Waals surface area contributed by atoms with Gasteiger partial charge in [0.25, 0.3) is 5.69 Å². The molecule has 0 saturated carbocycles. The number of nitro groups is 1. The second kappa shape index (κ2) is 5.12. The third-order valence-corrected chi connectivity index (χ3v) is 2.53. The van der Waals surface area contributed by atoms with E-state index in [0.29, 0.717) is 28.8 Å². The Bertz CT molecular complexity index is 527. The van der Waals surface area contributed by atoms with E-state index in [4.69, 9.17) is 11.0 Å². The fourth-order valence-electron chi connectivity index (χ4n) is 1.48. The lowest BCUT2D eigenvalue weighted by molar-refractivity contribution is -0.385. The monoisotopic (exact) mass is 231 g/mol. The van der Waals surface area contributed by atoms with Crippen LogP contribution in [0.15, 0.2) is 23.8 Å². The number of benzene rings is 1. The lowest BCUT2D eigenvalue weighted by Crippen LogP contribution is -2.02. The summed E-state index contributed by atoms with van der Waals surface area (Å²) >= 11 is 0. The number of nitrogens with zero attached hydrogens (tertiary/aromatic N) is 2. The SMILES string of the molecule is CC/C(C#N)=C(/N)c1ccc(C)c([N+](=O)[O-])c1. The third kappa shape index (κ3) is 2.61. The zero-order valence-electron chi connectivity index (χ0n) is 9.73. The van der Waals surface area contributed by atoms with Crippen molar-refractivity contribution in [3.63, 3.8) is 0 Å². The molecule has 5 heteroatoms. The molecule has 0 saturated heterocycles. The van der Waals surface area contributed by atoms with Crippen LogP contribution in [0.2, 0.25) is 0 Å². The maximum absolute atomic E-state index is 10.8. The molecule has 2 N–H and O–H groups in total. The minimum Gasteiger partial charge on any atom is -0.397 e. The smallest absolute Gasteiger partial charge is 0.272 e. The van der Waals surface area contributed by atoms with Crippen molar-refractivity contribution in [3.8, 4) is 6.07 Å². The minimum atomic E-state index is -0.454. The van der Waals surface area contributed by atoms with Crippen LogP contribution in [-0.4, -0.2) is 4.92 Å². The number of nitro benzene ring substituents is 1. The van der Waals surface area contributed by atoms with E-state index in [1.54, 1.807) is 19.1 Å². The van der Waals surface area contributed by atoms with Gasteiger partial charge in [0, 0.05) is 17.2 Å². The van der Waals surface area contributed by atoms with E-state index >= 15 is 0 Å². The van der Waals surface area contributed by atoms with Gasteiger partial charge >= 0.3 is 0 Å². The summed E-state index contributed by atoms with van der Waals surface area (Å²) in [4.78, 5) is 10.3. The maximum Gasteiger partial charge on any atom is 0.272 e. The molecule has 5 nitrogen and oxygen atoms in total. The zero-order valence-corrected chi connectivity index (χ0v) is 9.73. The molecule has 0 radical (unpaired) electrons. The lowest BCUT2D eigenvalue weighted by Gasteiger charge is -2.05. The fourth-order valence-corrected chi connectivity index (χ4v) is 1.48. The first-order valence-corrected chi connectivity index (χ1v) is 5.15. The number of rotatable bonds is 3. The Morgan fingerprint density at radius 3 is 2.71 bits per heavy atom. The number of aryl methyl sites for hydroxylation is 1. The first-order chi connectivity index (χ1) is 8.01. The van der Waals surface area contributed by atoms with Gasteiger partial charge in [0.15, 0.2) is 0 Å². The van der Waals surface area contributed by atoms with Crippen LogP contribution in [0.5, 0.6) is 0 Å². The zero-order chi connectivity index (χ0) is 13.0. The van der Waals surface area contributed by atoms with E-state index in [9.17, 15) is 10.1 Å². The first-order valence-electron chi connectivity index (χ1n) is 5.15. The number of hydrogen-bond acceptors (Lipinski definition) is 4. The van der Waals surface area contributed by atoms with Crippen LogP contribution in [0.25, 0.3) is 5.70 Å². The highest BCUT2D eigenvalue weighted by Gasteiger charge is 2.13. The average Bonchev–Trinajstić information content (AvgIpc) is 2.30. The van der Waals surface area contributed by atoms with Crippen LogP contribution in [0.4, 0.5) is 5.69 Å². The molecule has 0 aliphatic heterocycles. The standard InChI is InChI=1S/C12H13N3O2/c1-3-9(7-13)12(14)10-5-4-8(2)11(6-10)15(16)17/h4-6H,3,14H2,1-2H3/b12-9-. The van der Waals surface area contributed by atoms with Gasteiger partial charge in [-0.1, -0.05) is 19.1 Å². The lowest BCUT2D eigenvalue weighted by atomic mass is 10.0. The number of hydrogen-bond donors (Lipinski definition) is 1. The highest BCUT2D eigenvalue weighted by atomic mass is 16.6. The van der Waals surface area contributed by atoms with Gasteiger partial charge in [-0.3, -0.25) is 10.1 Å². The number of allylic oxidation sites excluding steroid dienone is 1. The summed E-state index contributed by atoms with van der Waals surface area (Å²) in [5.74, 6) is 0. The van der Waals surface area contributed by atoms with E-state index in [1.165, 1.54) is 6.07 Å². The van der Waals surface area contributed by atoms with Crippen LogP contribution < -0.4 is 5.73 Å². The number of nitriles is 1. The quantitative estimate of drug-likeness (QED) is 0.491. The molecule has 17 heavy (non-hydrogen) atoms. The summed E-state index contributed by atoms with van der Waals surface area (Å²) < 4.78 is 0. The Balaban J connectivity index is 3.36. The summed E-state index contributed by atoms with van der Waals surface area (Å²) in [7, 11) is 0. The Labute approximate surface area is 99.3 Å². The molecule has 0 atom stereocenters. The number of nitrogens with two attached hydrogens (primary N) is 1. The minimum absolute atomic E-state index is 0.0128. The van der Waals surface area contributed by atoms with Crippen molar-refractivity contribution in [1.82, 2.24) is 0 Å². The van der Waals surface area contributed by atoms with Crippen LogP contribution in [0.1, 0.15) is 24.5 Å². The van der Waals surface area contributed by atoms with Crippen molar-refractivity contribution in [2.24, 2.45) is 5.73 Å². The van der Waals surface area contributed by atoms with Crippen molar-refractivity contribution in [2.45, 2.75) is 20.3 Å². The second-order valence-corrected chi connectivity index (χ2v) is 3.62. The van der Waals surface area contributed by atoms with E-state index in [0.717, 1.165) is 0 Å². The van der Waals surface area contributed by atoms with Crippen LogP contribution in [0, 0.1) is 28.4 Å². The largest absolute Gasteiger partial charge is 0.397 e. The molecule has 0 fully saturated rings. The predicted octanol–water partition coefficient (Wildman–Crippen LogP) is 2.51. The summed E-state index contributed by atoms with van der Waals surface area (Å²) in [6.07, 6.45) is 0.504. The van der Waals surface area contributed by atoms with Crippen molar-refractivity contribution in [1.29, 1.82) is 5.26 Å². The molecule has 0 aromatic heterocycles. The fraction of sp³-hybridized carbons (Fsp3) is 0.250. The Morgan fingerprint density at radius 1 is 1.59 bits per heavy atom. The van der Waals surface area contributed by atoms with Crippen molar-refractivity contribution >= 4 is 11.4 Å². The van der Waals surface area contributed by atoms with Crippen LogP contribution in [0.3, 0.4) is 0 Å². The molecule has 0 spiro atoms. The first kappa shape index (κ1) is 12.7. The topological polar surface area (TPSA) is 93.0 Å². The molecule has 1 rings (SSSR count). The summed E-state index contributed by atoms with van der Waals surface area (Å²) in [5, 5.41) is 19.7. The average molecular weight is 231 g/mol. The van der Waals surface area contributed by atoms with Gasteiger partial charge < -0.3 is 5.73 Å². The molecular weight excluding hydrogens is 218 g/mol. The van der Waals surface area contributed by atoms with Gasteiger partial charge in [-0.05, 0) is 13.3 Å². The molecule has 0 aliphatic rings. The van der Waals surface area contributed by atoms with Crippen molar-refractivity contribution in [2.75, 3.05) is 0 Å². The normalized spacial score (nSPS) is 11.6. The third-order valence-electron chi connectivity index (χ3n) is 2.53. The molecular formula is C12H13N3O2. The molecule has 0 aliphatic carbocycles. The van der Waals surface area contributed by atoms with Gasteiger partial charge in [0.05, 0.1) is 22.3 Å². The predicted molar refractivity (Wildman–Crippen MR) is 64.8 cm³/mol. The Hall–Kier alpha value is -2.35. The van der Waals surface area contributed by atoms with E-state index in [1.807, 2.05) is 13.0 Å². The molecule has 1 aromatic rings. The van der Waals surface area contributed by atoms with Crippen molar-refractivity contribution in [3.05, 3.63) is 45.0 Å². The van der Waals surface area contributed by atoms with Crippen LogP contribution >= 0.6 is 0 Å². The van der Waals surface area contributed by atoms with Gasteiger partial charge in [0.1, 0.15) is 0 Å². The van der Waals surface area contributed by atoms with Crippen molar-refractivity contribution < 1.29 is 4.92 Å². The van der Waals surface area contributed by atoms with E-state index in [-0.39, 0.29) is 5.69 Å². The molecule has 0 heterocycles. The summed E-state index contributed by atoms with van der Waals surface area (Å²) in [6, 6.07) is 6.71. The Kier molecular flexibility index (Phi) is 3.83. The van der Waals surface area contributed by atoms with Gasteiger partial charge in [0.2, 0.25) is 0 Å². The highest BCUT2D eigenvalue weighted by molar-refractivity contribution is 5.71. The second-order valence-electron chi connectivity index (χ2n) is 3.62. The summed E-state index contributed by atoms with van der Waals surface area (Å²) in [5.41, 5.74) is 7.65. The molecule has 0 bridgehead atoms. The van der Waals surface area contributed by atoms with Gasteiger partial charge in [-0.2, -0.15) is 5.26 Å². The van der Waals surface area contributed by atoms with E-state index in [2.05, 4.69) is 0 Å². The van der Waals surface area contributed by atoms with Gasteiger partial charge in [-0.25, -0.2) is 0 Å². The van der Waals surface area contributed by atoms with Gasteiger partial charge in [-0.15, -0.1) is 0 Å².